The van der Waals surface area contributed by atoms with E-state index in [1.165, 1.54) is 18.5 Å². The number of aromatic nitrogens is 3. The normalized spacial score (nSPS) is 18.1. The Labute approximate surface area is 205 Å². The number of nitrogens with zero attached hydrogens (tertiary/aromatic N) is 3. The summed E-state index contributed by atoms with van der Waals surface area (Å²) in [6.07, 6.45) is 0.892. The monoisotopic (exact) mass is 490 g/mol. The summed E-state index contributed by atoms with van der Waals surface area (Å²) >= 11 is 6.37. The molecule has 176 valence electrons. The Hall–Kier alpha value is -4.04. The molecule has 0 amide bonds. The molecule has 1 N–H and O–H groups in total. The maximum Gasteiger partial charge on any atom is 0.226 e. The van der Waals surface area contributed by atoms with E-state index >= 15 is 0 Å². The number of hydrogen-bond donors (Lipinski definition) is 1. The van der Waals surface area contributed by atoms with Gasteiger partial charge in [-0.15, -0.1) is 0 Å². The molecule has 2 aliphatic rings. The Morgan fingerprint density at radius 1 is 1.00 bits per heavy atom. The van der Waals surface area contributed by atoms with Crippen LogP contribution in [0.3, 0.4) is 0 Å². The summed E-state index contributed by atoms with van der Waals surface area (Å²) in [6.45, 7) is 0. The van der Waals surface area contributed by atoms with Crippen molar-refractivity contribution in [2.75, 3.05) is 19.5 Å². The lowest BCUT2D eigenvalue weighted by atomic mass is 9.84. The molecule has 2 atom stereocenters. The molecule has 0 saturated carbocycles. The van der Waals surface area contributed by atoms with Crippen LogP contribution in [0.1, 0.15) is 28.8 Å². The molecule has 9 heteroatoms. The molecule has 3 heterocycles. The van der Waals surface area contributed by atoms with Gasteiger partial charge in [-0.1, -0.05) is 29.8 Å². The van der Waals surface area contributed by atoms with Gasteiger partial charge in [-0.25, -0.2) is 9.07 Å². The van der Waals surface area contributed by atoms with Crippen molar-refractivity contribution in [3.8, 4) is 17.2 Å². The average Bonchev–Trinajstić information content (AvgIpc) is 3.35. The topological polar surface area (TPSA) is 70.4 Å². The summed E-state index contributed by atoms with van der Waals surface area (Å²) < 4.78 is 33.6. The minimum Gasteiger partial charge on any atom is -0.493 e. The molecule has 4 aromatic rings. The van der Waals surface area contributed by atoms with E-state index in [0.29, 0.717) is 33.8 Å². The van der Waals surface area contributed by atoms with Crippen molar-refractivity contribution in [3.05, 3.63) is 100 Å². The average molecular weight is 491 g/mol. The summed E-state index contributed by atoms with van der Waals surface area (Å²) in [5.41, 5.74) is 3.98. The van der Waals surface area contributed by atoms with Crippen LogP contribution in [0.15, 0.2) is 72.6 Å². The first-order valence-electron chi connectivity index (χ1n) is 10.9. The van der Waals surface area contributed by atoms with Crippen LogP contribution in [-0.4, -0.2) is 29.0 Å². The van der Waals surface area contributed by atoms with Crippen molar-refractivity contribution in [2.24, 2.45) is 0 Å². The first-order chi connectivity index (χ1) is 17.1. The molecule has 0 radical (unpaired) electrons. The van der Waals surface area contributed by atoms with Crippen LogP contribution in [0.4, 0.5) is 10.3 Å². The predicted octanol–water partition coefficient (Wildman–Crippen LogP) is 5.65. The maximum atomic E-state index is 14.3. The quantitative estimate of drug-likeness (QED) is 0.399. The summed E-state index contributed by atoms with van der Waals surface area (Å²) in [5, 5.41) is 8.48. The fraction of sp³-hybridized carbons (Fsp3) is 0.154. The molecule has 6 rings (SSSR count). The van der Waals surface area contributed by atoms with E-state index in [0.717, 1.165) is 22.4 Å². The fourth-order valence-electron chi connectivity index (χ4n) is 4.73. The number of fused-ring (bicyclic) bond motifs is 3. The number of ether oxygens (including phenoxy) is 3. The lowest BCUT2D eigenvalue weighted by Crippen LogP contribution is -2.32. The summed E-state index contributed by atoms with van der Waals surface area (Å²) in [4.78, 5) is 4.42. The van der Waals surface area contributed by atoms with Crippen LogP contribution >= 0.6 is 11.6 Å². The van der Waals surface area contributed by atoms with Gasteiger partial charge in [0.2, 0.25) is 5.95 Å². The number of rotatable bonds is 4. The number of methoxy groups -OCH3 is 2. The number of hydrogen-bond acceptors (Lipinski definition) is 6. The minimum atomic E-state index is -0.600. The van der Waals surface area contributed by atoms with Gasteiger partial charge in [-0.05, 0) is 53.6 Å². The molecule has 3 aromatic carbocycles. The van der Waals surface area contributed by atoms with Crippen LogP contribution in [0.25, 0.3) is 5.70 Å². The fourth-order valence-corrected chi connectivity index (χ4v) is 4.90. The molecule has 1 aromatic heterocycles. The molecular weight excluding hydrogens is 471 g/mol. The molecule has 0 saturated heterocycles. The van der Waals surface area contributed by atoms with Crippen LogP contribution in [0.2, 0.25) is 5.02 Å². The second-order valence-corrected chi connectivity index (χ2v) is 8.63. The standard InChI is InChI=1S/C26H20ClFN4O3/c1-33-20-8-6-14(11-21(20)34-2)24-22-23(31-26-29-13-30-32(24)26)18-12-16(27)7-9-19(18)35-25(22)15-4-3-5-17(28)10-15/h3-13,24-25H,1-2H3,(H,29,30,31)/t24-,25+/m1/s1. The zero-order valence-electron chi connectivity index (χ0n) is 18.8. The largest absolute Gasteiger partial charge is 0.493 e. The van der Waals surface area contributed by atoms with Crippen LogP contribution in [-0.2, 0) is 0 Å². The predicted molar refractivity (Wildman–Crippen MR) is 129 cm³/mol. The van der Waals surface area contributed by atoms with Gasteiger partial charge in [-0.3, -0.25) is 0 Å². The first-order valence-corrected chi connectivity index (χ1v) is 11.3. The van der Waals surface area contributed by atoms with Crippen molar-refractivity contribution < 1.29 is 18.6 Å². The number of anilines is 1. The SMILES string of the molecule is COc1ccc([C@@H]2C3=C(Nc4ncnn42)c2cc(Cl)ccc2O[C@H]3c2cccc(F)c2)cc1OC. The first kappa shape index (κ1) is 21.5. The van der Waals surface area contributed by atoms with E-state index in [1.54, 1.807) is 31.0 Å². The Morgan fingerprint density at radius 3 is 2.66 bits per heavy atom. The highest BCUT2D eigenvalue weighted by molar-refractivity contribution is 6.30. The molecule has 0 bridgehead atoms. The number of benzene rings is 3. The Morgan fingerprint density at radius 2 is 1.86 bits per heavy atom. The van der Waals surface area contributed by atoms with Crippen LogP contribution in [0, 0.1) is 5.82 Å². The summed E-state index contributed by atoms with van der Waals surface area (Å²) in [6, 6.07) is 17.1. The highest BCUT2D eigenvalue weighted by Gasteiger charge is 2.41. The van der Waals surface area contributed by atoms with Crippen molar-refractivity contribution in [1.29, 1.82) is 0 Å². The van der Waals surface area contributed by atoms with Gasteiger partial charge in [0.15, 0.2) is 11.5 Å². The van der Waals surface area contributed by atoms with Crippen LogP contribution < -0.4 is 19.5 Å². The zero-order chi connectivity index (χ0) is 24.1. The zero-order valence-corrected chi connectivity index (χ0v) is 19.6. The van der Waals surface area contributed by atoms with Gasteiger partial charge >= 0.3 is 0 Å². The number of nitrogens with one attached hydrogen (secondary N) is 1. The highest BCUT2D eigenvalue weighted by Crippen LogP contribution is 2.51. The van der Waals surface area contributed by atoms with Gasteiger partial charge in [0, 0.05) is 16.2 Å². The molecule has 7 nitrogen and oxygen atoms in total. The van der Waals surface area contributed by atoms with Crippen LogP contribution in [0.5, 0.6) is 17.2 Å². The van der Waals surface area contributed by atoms with Gasteiger partial charge in [-0.2, -0.15) is 10.1 Å². The number of halogens is 2. The lowest BCUT2D eigenvalue weighted by molar-refractivity contribution is 0.222. The van der Waals surface area contributed by atoms with Gasteiger partial charge in [0.1, 0.15) is 30.0 Å². The van der Waals surface area contributed by atoms with E-state index in [2.05, 4.69) is 15.4 Å². The Balaban J connectivity index is 1.63. The van der Waals surface area contributed by atoms with Gasteiger partial charge < -0.3 is 19.5 Å². The maximum absolute atomic E-state index is 14.3. The minimum absolute atomic E-state index is 0.344. The molecule has 2 aliphatic heterocycles. The molecule has 0 aliphatic carbocycles. The molecule has 0 fully saturated rings. The van der Waals surface area contributed by atoms with E-state index < -0.39 is 12.1 Å². The third-order valence-electron chi connectivity index (χ3n) is 6.25. The molecule has 0 spiro atoms. The van der Waals surface area contributed by atoms with Gasteiger partial charge in [0.25, 0.3) is 0 Å². The van der Waals surface area contributed by atoms with E-state index in [-0.39, 0.29) is 5.82 Å². The van der Waals surface area contributed by atoms with E-state index in [9.17, 15) is 4.39 Å². The van der Waals surface area contributed by atoms with Crippen molar-refractivity contribution in [1.82, 2.24) is 14.8 Å². The summed E-state index contributed by atoms with van der Waals surface area (Å²) in [7, 11) is 3.18. The third-order valence-corrected chi connectivity index (χ3v) is 6.49. The smallest absolute Gasteiger partial charge is 0.226 e. The Bertz CT molecular complexity index is 1490. The highest BCUT2D eigenvalue weighted by atomic mass is 35.5. The second kappa shape index (κ2) is 8.32. The van der Waals surface area contributed by atoms with E-state index in [4.69, 9.17) is 25.8 Å². The molecule has 35 heavy (non-hydrogen) atoms. The van der Waals surface area contributed by atoms with Crippen molar-refractivity contribution in [2.45, 2.75) is 12.1 Å². The van der Waals surface area contributed by atoms with Crippen molar-refractivity contribution >= 4 is 23.2 Å². The summed E-state index contributed by atoms with van der Waals surface area (Å²) in [5.74, 6) is 2.04. The van der Waals surface area contributed by atoms with E-state index in [1.807, 2.05) is 36.4 Å². The van der Waals surface area contributed by atoms with Gasteiger partial charge in [0.05, 0.1) is 19.9 Å². The lowest BCUT2D eigenvalue weighted by Gasteiger charge is -2.39. The second-order valence-electron chi connectivity index (χ2n) is 8.19. The molecular formula is C26H20ClFN4O3. The Kier molecular flexibility index (Phi) is 5.11. The van der Waals surface area contributed by atoms with Crippen molar-refractivity contribution in [3.63, 3.8) is 0 Å². The third kappa shape index (κ3) is 3.49. The molecule has 0 unspecified atom stereocenters.